The fraction of sp³-hybridized carbons (Fsp3) is 0.600. The van der Waals surface area contributed by atoms with Gasteiger partial charge in [0.15, 0.2) is 11.6 Å². The fourth-order valence-corrected chi connectivity index (χ4v) is 2.46. The summed E-state index contributed by atoms with van der Waals surface area (Å²) < 4.78 is 24.8. The summed E-state index contributed by atoms with van der Waals surface area (Å²) in [5, 5.41) is 0. The molecule has 3 nitrogen and oxygen atoms in total. The van der Waals surface area contributed by atoms with E-state index in [1.807, 2.05) is 6.92 Å². The molecule has 19 heavy (non-hydrogen) atoms. The van der Waals surface area contributed by atoms with Crippen molar-refractivity contribution in [3.8, 4) is 11.5 Å². The Labute approximate surface area is 113 Å². The molecule has 1 fully saturated rings. The van der Waals surface area contributed by atoms with Crippen LogP contribution >= 0.6 is 0 Å². The maximum absolute atomic E-state index is 13.6. The van der Waals surface area contributed by atoms with Crippen molar-refractivity contribution < 1.29 is 13.9 Å². The van der Waals surface area contributed by atoms with Crippen LogP contribution in [0.5, 0.6) is 11.5 Å². The predicted octanol–water partition coefficient (Wildman–Crippen LogP) is 3.91. The molecular formula is C15H22FNO2. The van der Waals surface area contributed by atoms with Crippen molar-refractivity contribution in [3.05, 3.63) is 17.9 Å². The number of benzene rings is 1. The van der Waals surface area contributed by atoms with Crippen LogP contribution in [0.4, 0.5) is 10.1 Å². The molecule has 2 rings (SSSR count). The second-order valence-corrected chi connectivity index (χ2v) is 4.98. The average molecular weight is 267 g/mol. The quantitative estimate of drug-likeness (QED) is 0.664. The lowest BCUT2D eigenvalue weighted by Crippen LogP contribution is -2.16. The molecule has 0 atom stereocenters. The largest absolute Gasteiger partial charge is 0.491 e. The van der Waals surface area contributed by atoms with Crippen LogP contribution < -0.4 is 15.2 Å². The Morgan fingerprint density at radius 1 is 1.16 bits per heavy atom. The minimum absolute atomic E-state index is 0.185. The van der Waals surface area contributed by atoms with Gasteiger partial charge in [-0.05, 0) is 32.6 Å². The molecule has 0 unspecified atom stereocenters. The summed E-state index contributed by atoms with van der Waals surface area (Å²) >= 11 is 0. The highest BCUT2D eigenvalue weighted by atomic mass is 19.1. The maximum Gasteiger partial charge on any atom is 0.167 e. The van der Waals surface area contributed by atoms with E-state index in [9.17, 15) is 4.39 Å². The molecule has 0 spiro atoms. The molecule has 0 aromatic heterocycles. The third-order valence-corrected chi connectivity index (χ3v) is 3.46. The van der Waals surface area contributed by atoms with E-state index in [-0.39, 0.29) is 11.9 Å². The molecule has 0 heterocycles. The lowest BCUT2D eigenvalue weighted by molar-refractivity contribution is 0.183. The number of nitrogen functional groups attached to an aromatic ring is 1. The Kier molecular flexibility index (Phi) is 4.88. The van der Waals surface area contributed by atoms with Gasteiger partial charge in [-0.3, -0.25) is 0 Å². The Morgan fingerprint density at radius 3 is 2.47 bits per heavy atom. The van der Waals surface area contributed by atoms with Crippen molar-refractivity contribution in [1.82, 2.24) is 0 Å². The number of rotatable bonds is 4. The minimum Gasteiger partial charge on any atom is -0.491 e. The molecule has 106 valence electrons. The zero-order chi connectivity index (χ0) is 13.7. The molecule has 1 aliphatic carbocycles. The van der Waals surface area contributed by atoms with Gasteiger partial charge in [0.2, 0.25) is 0 Å². The van der Waals surface area contributed by atoms with E-state index in [1.165, 1.54) is 31.7 Å². The highest BCUT2D eigenvalue weighted by Gasteiger charge is 2.17. The molecule has 4 heteroatoms. The first-order valence-electron chi connectivity index (χ1n) is 7.09. The lowest BCUT2D eigenvalue weighted by Gasteiger charge is -2.19. The van der Waals surface area contributed by atoms with Gasteiger partial charge in [-0.15, -0.1) is 0 Å². The average Bonchev–Trinajstić information content (AvgIpc) is 2.64. The summed E-state index contributed by atoms with van der Waals surface area (Å²) in [5.41, 5.74) is 6.16. The van der Waals surface area contributed by atoms with Crippen LogP contribution in [0.1, 0.15) is 45.4 Å². The topological polar surface area (TPSA) is 44.5 Å². The van der Waals surface area contributed by atoms with E-state index in [1.54, 1.807) is 6.07 Å². The SMILES string of the molecule is CCOc1cc(OC2CCCCCC2)c(N)cc1F. The van der Waals surface area contributed by atoms with Crippen LogP contribution in [0, 0.1) is 5.82 Å². The van der Waals surface area contributed by atoms with Crippen molar-refractivity contribution in [2.45, 2.75) is 51.6 Å². The number of halogens is 1. The van der Waals surface area contributed by atoms with Crippen LogP contribution in [-0.4, -0.2) is 12.7 Å². The lowest BCUT2D eigenvalue weighted by atomic mass is 10.1. The first-order valence-corrected chi connectivity index (χ1v) is 7.09. The van der Waals surface area contributed by atoms with Crippen molar-refractivity contribution in [1.29, 1.82) is 0 Å². The molecule has 0 bridgehead atoms. The second kappa shape index (κ2) is 6.64. The van der Waals surface area contributed by atoms with Gasteiger partial charge in [-0.25, -0.2) is 4.39 Å². The molecule has 0 radical (unpaired) electrons. The highest BCUT2D eigenvalue weighted by molar-refractivity contribution is 5.56. The van der Waals surface area contributed by atoms with E-state index in [4.69, 9.17) is 15.2 Å². The number of nitrogens with two attached hydrogens (primary N) is 1. The second-order valence-electron chi connectivity index (χ2n) is 4.98. The summed E-state index contributed by atoms with van der Waals surface area (Å²) in [7, 11) is 0. The van der Waals surface area contributed by atoms with Crippen LogP contribution in [-0.2, 0) is 0 Å². The van der Waals surface area contributed by atoms with Gasteiger partial charge in [-0.1, -0.05) is 12.8 Å². The van der Waals surface area contributed by atoms with Gasteiger partial charge < -0.3 is 15.2 Å². The Bertz CT molecular complexity index is 415. The molecule has 0 aliphatic heterocycles. The summed E-state index contributed by atoms with van der Waals surface area (Å²) in [6.45, 7) is 2.24. The summed E-state index contributed by atoms with van der Waals surface area (Å²) in [5.74, 6) is 0.310. The molecule has 1 aromatic rings. The number of hydrogen-bond donors (Lipinski definition) is 1. The highest BCUT2D eigenvalue weighted by Crippen LogP contribution is 2.32. The van der Waals surface area contributed by atoms with Gasteiger partial charge >= 0.3 is 0 Å². The van der Waals surface area contributed by atoms with Gasteiger partial charge in [-0.2, -0.15) is 0 Å². The number of anilines is 1. The Hall–Kier alpha value is -1.45. The van der Waals surface area contributed by atoms with Crippen LogP contribution in [0.3, 0.4) is 0 Å². The zero-order valence-electron chi connectivity index (χ0n) is 11.5. The first kappa shape index (κ1) is 14.0. The first-order chi connectivity index (χ1) is 9.20. The van der Waals surface area contributed by atoms with Gasteiger partial charge in [0.05, 0.1) is 18.4 Å². The third kappa shape index (κ3) is 3.75. The van der Waals surface area contributed by atoms with Crippen molar-refractivity contribution in [2.75, 3.05) is 12.3 Å². The molecule has 0 saturated heterocycles. The third-order valence-electron chi connectivity index (χ3n) is 3.46. The predicted molar refractivity (Wildman–Crippen MR) is 74.1 cm³/mol. The maximum atomic E-state index is 13.6. The summed E-state index contributed by atoms with van der Waals surface area (Å²) in [4.78, 5) is 0. The van der Waals surface area contributed by atoms with E-state index in [0.29, 0.717) is 18.0 Å². The van der Waals surface area contributed by atoms with E-state index in [0.717, 1.165) is 12.8 Å². The monoisotopic (exact) mass is 267 g/mol. The van der Waals surface area contributed by atoms with E-state index in [2.05, 4.69) is 0 Å². The summed E-state index contributed by atoms with van der Waals surface area (Å²) in [6.07, 6.45) is 7.17. The fourth-order valence-electron chi connectivity index (χ4n) is 2.46. The minimum atomic E-state index is -0.437. The van der Waals surface area contributed by atoms with Crippen molar-refractivity contribution in [2.24, 2.45) is 0 Å². The zero-order valence-corrected chi connectivity index (χ0v) is 11.5. The van der Waals surface area contributed by atoms with Crippen molar-refractivity contribution in [3.63, 3.8) is 0 Å². The molecule has 1 aliphatic rings. The van der Waals surface area contributed by atoms with Crippen molar-refractivity contribution >= 4 is 5.69 Å². The van der Waals surface area contributed by atoms with Gasteiger partial charge in [0.25, 0.3) is 0 Å². The van der Waals surface area contributed by atoms with Gasteiger partial charge in [0, 0.05) is 12.1 Å². The number of hydrogen-bond acceptors (Lipinski definition) is 3. The standard InChI is InChI=1S/C15H22FNO2/c1-2-18-14-10-15(13(17)9-12(14)16)19-11-7-5-3-4-6-8-11/h9-11H,2-8,17H2,1H3. The smallest absolute Gasteiger partial charge is 0.167 e. The number of ether oxygens (including phenoxy) is 2. The van der Waals surface area contributed by atoms with E-state index >= 15 is 0 Å². The molecule has 0 amide bonds. The van der Waals surface area contributed by atoms with E-state index < -0.39 is 5.82 Å². The molecule has 2 N–H and O–H groups in total. The normalized spacial score (nSPS) is 16.9. The van der Waals surface area contributed by atoms with Crippen LogP contribution in [0.2, 0.25) is 0 Å². The summed E-state index contributed by atoms with van der Waals surface area (Å²) in [6, 6.07) is 2.84. The Morgan fingerprint density at radius 2 is 1.84 bits per heavy atom. The van der Waals surface area contributed by atoms with Crippen LogP contribution in [0.15, 0.2) is 12.1 Å². The van der Waals surface area contributed by atoms with Gasteiger partial charge in [0.1, 0.15) is 5.75 Å². The molecular weight excluding hydrogens is 245 g/mol. The molecule has 1 aromatic carbocycles. The Balaban J connectivity index is 2.11. The molecule has 1 saturated carbocycles. The van der Waals surface area contributed by atoms with Crippen LogP contribution in [0.25, 0.3) is 0 Å².